The molecule has 1 aliphatic heterocycles. The number of sulfonamides is 1. The molecule has 2 heterocycles. The molecule has 0 atom stereocenters. The van der Waals surface area contributed by atoms with Crippen molar-refractivity contribution in [1.29, 1.82) is 0 Å². The first-order valence-electron chi connectivity index (χ1n) is 7.82. The van der Waals surface area contributed by atoms with Crippen LogP contribution in [0.15, 0.2) is 53.4 Å². The number of nitrogens with one attached hydrogen (secondary N) is 1. The molecule has 1 aromatic heterocycles. The molecular formula is C17H16N4O3S. The lowest BCUT2D eigenvalue weighted by Gasteiger charge is -2.15. The monoisotopic (exact) mass is 356 g/mol. The van der Waals surface area contributed by atoms with E-state index in [-0.39, 0.29) is 4.90 Å². The Morgan fingerprint density at radius 3 is 2.56 bits per heavy atom. The van der Waals surface area contributed by atoms with Crippen LogP contribution in [0.5, 0.6) is 0 Å². The third-order valence-corrected chi connectivity index (χ3v) is 5.56. The van der Waals surface area contributed by atoms with Gasteiger partial charge in [-0.05, 0) is 31.2 Å². The molecular weight excluding hydrogens is 340 g/mol. The Morgan fingerprint density at radius 2 is 1.80 bits per heavy atom. The number of para-hydroxylation sites is 2. The molecule has 8 heteroatoms. The molecule has 0 saturated carbocycles. The Labute approximate surface area is 144 Å². The van der Waals surface area contributed by atoms with E-state index in [2.05, 4.69) is 9.71 Å². The number of hydrogen-bond acceptors (Lipinski definition) is 4. The molecule has 0 aliphatic carbocycles. The highest BCUT2D eigenvalue weighted by Gasteiger charge is 2.31. The minimum Gasteiger partial charge on any atom is -0.308 e. The van der Waals surface area contributed by atoms with Crippen LogP contribution in [-0.4, -0.2) is 30.5 Å². The summed E-state index contributed by atoms with van der Waals surface area (Å²) in [5, 5.41) is 0. The number of hydrogen-bond donors (Lipinski definition) is 1. The molecule has 25 heavy (non-hydrogen) atoms. The van der Waals surface area contributed by atoms with Crippen molar-refractivity contribution < 1.29 is 13.2 Å². The van der Waals surface area contributed by atoms with E-state index in [0.29, 0.717) is 19.0 Å². The van der Waals surface area contributed by atoms with Gasteiger partial charge in [0.2, 0.25) is 5.95 Å². The fourth-order valence-corrected chi connectivity index (χ4v) is 3.88. The van der Waals surface area contributed by atoms with E-state index < -0.39 is 16.1 Å². The molecule has 0 fully saturated rings. The van der Waals surface area contributed by atoms with Crippen molar-refractivity contribution in [3.8, 4) is 0 Å². The number of urea groups is 1. The lowest BCUT2D eigenvalue weighted by molar-refractivity contribution is 0.251. The number of nitrogens with zero attached hydrogens (tertiary/aromatic N) is 3. The number of anilines is 1. The number of aromatic nitrogens is 2. The molecule has 128 valence electrons. The van der Waals surface area contributed by atoms with E-state index in [4.69, 9.17) is 0 Å². The smallest absolute Gasteiger partial charge is 0.308 e. The van der Waals surface area contributed by atoms with E-state index in [1.54, 1.807) is 12.1 Å². The second-order valence-electron chi connectivity index (χ2n) is 5.93. The van der Waals surface area contributed by atoms with Crippen LogP contribution in [0, 0.1) is 6.92 Å². The van der Waals surface area contributed by atoms with E-state index in [9.17, 15) is 13.2 Å². The van der Waals surface area contributed by atoms with Gasteiger partial charge in [0.25, 0.3) is 10.0 Å². The van der Waals surface area contributed by atoms with Crippen molar-refractivity contribution in [1.82, 2.24) is 14.3 Å². The van der Waals surface area contributed by atoms with Gasteiger partial charge in [-0.15, -0.1) is 0 Å². The number of imidazole rings is 1. The van der Waals surface area contributed by atoms with E-state index in [1.165, 1.54) is 17.0 Å². The zero-order valence-corrected chi connectivity index (χ0v) is 14.3. The van der Waals surface area contributed by atoms with E-state index in [1.807, 2.05) is 35.8 Å². The van der Waals surface area contributed by atoms with Gasteiger partial charge in [0.1, 0.15) is 0 Å². The average molecular weight is 356 g/mol. The van der Waals surface area contributed by atoms with Crippen molar-refractivity contribution in [3.05, 3.63) is 54.1 Å². The Kier molecular flexibility index (Phi) is 3.50. The number of fused-ring (bicyclic) bond motifs is 3. The van der Waals surface area contributed by atoms with Gasteiger partial charge in [-0.3, -0.25) is 4.90 Å². The lowest BCUT2D eigenvalue weighted by Crippen LogP contribution is -2.42. The summed E-state index contributed by atoms with van der Waals surface area (Å²) >= 11 is 0. The highest BCUT2D eigenvalue weighted by atomic mass is 32.2. The van der Waals surface area contributed by atoms with Crippen molar-refractivity contribution in [3.63, 3.8) is 0 Å². The van der Waals surface area contributed by atoms with Gasteiger partial charge in [-0.1, -0.05) is 29.8 Å². The van der Waals surface area contributed by atoms with Crippen LogP contribution in [0.1, 0.15) is 5.56 Å². The Morgan fingerprint density at radius 1 is 1.08 bits per heavy atom. The third kappa shape index (κ3) is 2.64. The van der Waals surface area contributed by atoms with Gasteiger partial charge >= 0.3 is 6.03 Å². The Bertz CT molecular complexity index is 1070. The second kappa shape index (κ2) is 5.59. The number of carbonyl (C=O) groups excluding carboxylic acids is 1. The van der Waals surface area contributed by atoms with Gasteiger partial charge in [0, 0.05) is 13.1 Å². The molecule has 1 aliphatic rings. The molecule has 4 rings (SSSR count). The summed E-state index contributed by atoms with van der Waals surface area (Å²) in [5.41, 5.74) is 2.64. The molecule has 0 radical (unpaired) electrons. The zero-order chi connectivity index (χ0) is 17.6. The predicted molar refractivity (Wildman–Crippen MR) is 94.0 cm³/mol. The van der Waals surface area contributed by atoms with Gasteiger partial charge in [-0.25, -0.2) is 22.9 Å². The molecule has 2 aromatic carbocycles. The summed E-state index contributed by atoms with van der Waals surface area (Å²) in [6, 6.07) is 13.2. The van der Waals surface area contributed by atoms with Crippen molar-refractivity contribution >= 4 is 33.0 Å². The minimum absolute atomic E-state index is 0.0548. The van der Waals surface area contributed by atoms with Crippen LogP contribution in [0.2, 0.25) is 0 Å². The highest BCUT2D eigenvalue weighted by molar-refractivity contribution is 7.90. The standard InChI is InChI=1S/C17H16N4O3S/c1-12-6-8-13(9-7-12)25(23,24)19-17(22)21-11-10-20-15-5-3-2-4-14(15)18-16(20)21/h2-9H,10-11H2,1H3,(H,19,22). The summed E-state index contributed by atoms with van der Waals surface area (Å²) in [6.45, 7) is 2.82. The maximum atomic E-state index is 12.5. The van der Waals surface area contributed by atoms with Gasteiger partial charge in [0.15, 0.2) is 0 Å². The van der Waals surface area contributed by atoms with Gasteiger partial charge < -0.3 is 4.57 Å². The highest BCUT2D eigenvalue weighted by Crippen LogP contribution is 2.27. The first kappa shape index (κ1) is 15.6. The van der Waals surface area contributed by atoms with E-state index in [0.717, 1.165) is 16.6 Å². The quantitative estimate of drug-likeness (QED) is 0.763. The molecule has 0 saturated heterocycles. The zero-order valence-electron chi connectivity index (χ0n) is 13.5. The summed E-state index contributed by atoms with van der Waals surface area (Å²) in [7, 11) is -3.92. The largest absolute Gasteiger partial charge is 0.338 e. The van der Waals surface area contributed by atoms with Crippen LogP contribution >= 0.6 is 0 Å². The second-order valence-corrected chi connectivity index (χ2v) is 7.61. The Hall–Kier alpha value is -2.87. The third-order valence-electron chi connectivity index (χ3n) is 4.22. The maximum Gasteiger partial charge on any atom is 0.338 e. The lowest BCUT2D eigenvalue weighted by atomic mass is 10.2. The van der Waals surface area contributed by atoms with E-state index >= 15 is 0 Å². The number of benzene rings is 2. The number of amides is 2. The average Bonchev–Trinajstić information content (AvgIpc) is 3.13. The summed E-state index contributed by atoms with van der Waals surface area (Å²) in [6.07, 6.45) is 0. The maximum absolute atomic E-state index is 12.5. The SMILES string of the molecule is Cc1ccc(S(=O)(=O)NC(=O)N2CCn3c2nc2ccccc23)cc1. The predicted octanol–water partition coefficient (Wildman–Crippen LogP) is 2.26. The summed E-state index contributed by atoms with van der Waals surface area (Å²) < 4.78 is 28.9. The first-order valence-corrected chi connectivity index (χ1v) is 9.30. The first-order chi connectivity index (χ1) is 12.0. The number of rotatable bonds is 2. The number of aryl methyl sites for hydroxylation is 1. The van der Waals surface area contributed by atoms with Crippen molar-refractivity contribution in [2.45, 2.75) is 18.4 Å². The van der Waals surface area contributed by atoms with Gasteiger partial charge in [0.05, 0.1) is 15.9 Å². The molecule has 1 N–H and O–H groups in total. The number of carbonyl (C=O) groups is 1. The molecule has 7 nitrogen and oxygen atoms in total. The topological polar surface area (TPSA) is 84.3 Å². The van der Waals surface area contributed by atoms with Crippen LogP contribution in [0.25, 0.3) is 11.0 Å². The normalized spacial score (nSPS) is 13.9. The molecule has 0 bridgehead atoms. The fourth-order valence-electron chi connectivity index (χ4n) is 2.93. The van der Waals surface area contributed by atoms with Crippen LogP contribution < -0.4 is 9.62 Å². The summed E-state index contributed by atoms with van der Waals surface area (Å²) in [5.74, 6) is 0.456. The minimum atomic E-state index is -3.92. The van der Waals surface area contributed by atoms with Crippen LogP contribution in [-0.2, 0) is 16.6 Å². The van der Waals surface area contributed by atoms with Crippen molar-refractivity contribution in [2.24, 2.45) is 0 Å². The molecule has 2 amide bonds. The molecule has 0 unspecified atom stereocenters. The van der Waals surface area contributed by atoms with Crippen LogP contribution in [0.4, 0.5) is 10.7 Å². The molecule has 3 aromatic rings. The molecule has 0 spiro atoms. The van der Waals surface area contributed by atoms with Crippen LogP contribution in [0.3, 0.4) is 0 Å². The van der Waals surface area contributed by atoms with Crippen molar-refractivity contribution in [2.75, 3.05) is 11.4 Å². The fraction of sp³-hybridized carbons (Fsp3) is 0.176. The Balaban J connectivity index is 1.62. The van der Waals surface area contributed by atoms with Gasteiger partial charge in [-0.2, -0.15) is 0 Å². The summed E-state index contributed by atoms with van der Waals surface area (Å²) in [4.78, 5) is 18.4.